The maximum Gasteiger partial charge on any atom is 0.472 e. The number of hydrogen-bond acceptors (Lipinski definition) is 10. The summed E-state index contributed by atoms with van der Waals surface area (Å²) in [7, 11) is 1.42. The van der Waals surface area contributed by atoms with Gasteiger partial charge in [-0.2, -0.15) is 0 Å². The number of phosphoric acid groups is 1. The standard InChI is InChI=1S/C42H71N4O8P/c1-5-6-7-8-9-10-11-12-13-14-15-16-17-19-22-29-40(47)51-34-37(35-53-55(49,50)52-33-32-46(2,3)4)54-41(48)30-23-20-18-21-26-31-43-42-38-27-24-25-28-39(38)44-36-45-42/h12-13,24-25,27-28,36-37H,5-11,14-23,26,29-35H2,1-4H3,(H-,43,44,45,49,50)/p+1/b13-12-/t37-/m1/s1. The predicted octanol–water partition coefficient (Wildman–Crippen LogP) is 9.71. The SMILES string of the molecule is CCCCCCCC/C=C\CCCCCCCC(=O)OC[C@H](COP(=O)(O)OCC[N+](C)(C)C)OC(=O)CCCCCCCNc1ncnc2ccccc12. The first-order chi connectivity index (χ1) is 26.5. The van der Waals surface area contributed by atoms with Crippen LogP contribution in [-0.2, 0) is 32.7 Å². The molecular weight excluding hydrogens is 719 g/mol. The highest BCUT2D eigenvalue weighted by Gasteiger charge is 2.27. The van der Waals surface area contributed by atoms with Crippen molar-refractivity contribution in [3.05, 3.63) is 42.7 Å². The van der Waals surface area contributed by atoms with Crippen LogP contribution in [0.3, 0.4) is 0 Å². The Morgan fingerprint density at radius 2 is 1.38 bits per heavy atom. The van der Waals surface area contributed by atoms with Gasteiger partial charge in [-0.05, 0) is 57.1 Å². The minimum absolute atomic E-state index is 0.0142. The summed E-state index contributed by atoms with van der Waals surface area (Å²) in [6, 6.07) is 7.89. The highest BCUT2D eigenvalue weighted by molar-refractivity contribution is 7.47. The molecule has 0 aliphatic rings. The zero-order valence-corrected chi connectivity index (χ0v) is 35.3. The van der Waals surface area contributed by atoms with Crippen molar-refractivity contribution in [3.63, 3.8) is 0 Å². The average Bonchev–Trinajstić information content (AvgIpc) is 3.14. The fraction of sp³-hybridized carbons (Fsp3) is 0.714. The van der Waals surface area contributed by atoms with Crippen LogP contribution in [0.25, 0.3) is 10.9 Å². The molecule has 0 fully saturated rings. The summed E-state index contributed by atoms with van der Waals surface area (Å²) in [6.45, 7) is 2.85. The molecule has 12 nitrogen and oxygen atoms in total. The fourth-order valence-corrected chi connectivity index (χ4v) is 6.62. The number of likely N-dealkylation sites (N-methyl/N-ethyl adjacent to an activating group) is 1. The molecule has 55 heavy (non-hydrogen) atoms. The number of rotatable bonds is 34. The molecule has 0 radical (unpaired) electrons. The number of para-hydroxylation sites is 1. The summed E-state index contributed by atoms with van der Waals surface area (Å²) in [4.78, 5) is 44.1. The molecule has 13 heteroatoms. The number of ether oxygens (including phenoxy) is 2. The molecule has 0 saturated carbocycles. The summed E-state index contributed by atoms with van der Waals surface area (Å²) in [5, 5.41) is 4.39. The molecule has 0 amide bonds. The average molecular weight is 792 g/mol. The van der Waals surface area contributed by atoms with Crippen LogP contribution in [0.2, 0.25) is 0 Å². The summed E-state index contributed by atoms with van der Waals surface area (Å²) in [5.74, 6) is -0.0423. The number of phosphoric ester groups is 1. The zero-order chi connectivity index (χ0) is 40.0. The Balaban J connectivity index is 1.64. The van der Waals surface area contributed by atoms with Crippen LogP contribution >= 0.6 is 7.82 Å². The topological polar surface area (TPSA) is 146 Å². The van der Waals surface area contributed by atoms with Crippen molar-refractivity contribution in [3.8, 4) is 0 Å². The number of anilines is 1. The monoisotopic (exact) mass is 792 g/mol. The van der Waals surface area contributed by atoms with Crippen molar-refractivity contribution in [2.75, 3.05) is 59.4 Å². The lowest BCUT2D eigenvalue weighted by Gasteiger charge is -2.24. The summed E-state index contributed by atoms with van der Waals surface area (Å²) in [6.07, 6.45) is 25.2. The molecule has 2 aromatic rings. The maximum atomic E-state index is 12.7. The third-order valence-electron chi connectivity index (χ3n) is 9.20. The van der Waals surface area contributed by atoms with E-state index in [1.807, 2.05) is 45.4 Å². The van der Waals surface area contributed by atoms with Gasteiger partial charge in [0.25, 0.3) is 0 Å². The second-order valence-electron chi connectivity index (χ2n) is 15.4. The van der Waals surface area contributed by atoms with Crippen LogP contribution in [0.5, 0.6) is 0 Å². The molecule has 1 aromatic carbocycles. The molecule has 0 bridgehead atoms. The van der Waals surface area contributed by atoms with E-state index >= 15 is 0 Å². The Labute approximate surface area is 331 Å². The van der Waals surface area contributed by atoms with Crippen molar-refractivity contribution in [1.82, 2.24) is 9.97 Å². The van der Waals surface area contributed by atoms with E-state index in [9.17, 15) is 19.0 Å². The number of unbranched alkanes of at least 4 members (excludes halogenated alkanes) is 15. The van der Waals surface area contributed by atoms with E-state index in [0.717, 1.165) is 81.1 Å². The second-order valence-corrected chi connectivity index (χ2v) is 16.9. The van der Waals surface area contributed by atoms with E-state index in [0.29, 0.717) is 23.9 Å². The quantitative estimate of drug-likeness (QED) is 0.0230. The number of quaternary nitrogens is 1. The number of carbonyl (C=O) groups is 2. The van der Waals surface area contributed by atoms with Crippen LogP contribution in [0.4, 0.5) is 5.82 Å². The Morgan fingerprint density at radius 3 is 2.05 bits per heavy atom. The first kappa shape index (κ1) is 48.3. The number of aromatic nitrogens is 2. The van der Waals surface area contributed by atoms with Crippen molar-refractivity contribution < 1.29 is 42.1 Å². The van der Waals surface area contributed by atoms with Gasteiger partial charge in [-0.1, -0.05) is 102 Å². The van der Waals surface area contributed by atoms with Crippen LogP contribution < -0.4 is 5.32 Å². The van der Waals surface area contributed by atoms with E-state index in [-0.39, 0.29) is 26.1 Å². The van der Waals surface area contributed by atoms with Gasteiger partial charge in [-0.25, -0.2) is 14.5 Å². The Bertz CT molecular complexity index is 1400. The maximum absolute atomic E-state index is 12.7. The number of nitrogens with zero attached hydrogens (tertiary/aromatic N) is 3. The van der Waals surface area contributed by atoms with Gasteiger partial charge < -0.3 is 24.2 Å². The van der Waals surface area contributed by atoms with Crippen LogP contribution in [0.1, 0.15) is 135 Å². The van der Waals surface area contributed by atoms with Gasteiger partial charge in [-0.3, -0.25) is 18.6 Å². The smallest absolute Gasteiger partial charge is 0.462 e. The van der Waals surface area contributed by atoms with Gasteiger partial charge in [0.15, 0.2) is 6.10 Å². The van der Waals surface area contributed by atoms with Gasteiger partial charge in [-0.15, -0.1) is 0 Å². The molecule has 312 valence electrons. The Kier molecular flexibility index (Phi) is 25.8. The summed E-state index contributed by atoms with van der Waals surface area (Å²) >= 11 is 0. The van der Waals surface area contributed by atoms with Crippen molar-refractivity contribution >= 4 is 36.5 Å². The minimum Gasteiger partial charge on any atom is -0.462 e. The molecule has 1 aromatic heterocycles. The summed E-state index contributed by atoms with van der Waals surface area (Å²) < 4.78 is 34.3. The van der Waals surface area contributed by atoms with Gasteiger partial charge >= 0.3 is 19.8 Å². The molecule has 1 unspecified atom stereocenters. The Hall–Kier alpha value is -2.89. The molecule has 0 aliphatic carbocycles. The highest BCUT2D eigenvalue weighted by Crippen LogP contribution is 2.43. The van der Waals surface area contributed by atoms with E-state index in [1.54, 1.807) is 6.33 Å². The summed E-state index contributed by atoms with van der Waals surface area (Å²) in [5.41, 5.74) is 0.904. The third kappa shape index (κ3) is 25.8. The molecule has 2 N–H and O–H groups in total. The number of hydrogen-bond donors (Lipinski definition) is 2. The van der Waals surface area contributed by atoms with Crippen molar-refractivity contribution in [2.24, 2.45) is 0 Å². The largest absolute Gasteiger partial charge is 0.472 e. The van der Waals surface area contributed by atoms with Gasteiger partial charge in [0.05, 0.1) is 33.3 Å². The molecule has 2 atom stereocenters. The number of carbonyl (C=O) groups excluding carboxylic acids is 2. The van der Waals surface area contributed by atoms with Gasteiger partial charge in [0.2, 0.25) is 0 Å². The third-order valence-corrected chi connectivity index (χ3v) is 10.2. The zero-order valence-electron chi connectivity index (χ0n) is 34.4. The fourth-order valence-electron chi connectivity index (χ4n) is 5.88. The number of esters is 2. The number of fused-ring (bicyclic) bond motifs is 1. The lowest BCUT2D eigenvalue weighted by atomic mass is 10.1. The van der Waals surface area contributed by atoms with Crippen LogP contribution in [0.15, 0.2) is 42.7 Å². The van der Waals surface area contributed by atoms with Crippen LogP contribution in [0, 0.1) is 0 Å². The number of nitrogens with one attached hydrogen (secondary N) is 1. The Morgan fingerprint density at radius 1 is 0.782 bits per heavy atom. The van der Waals surface area contributed by atoms with Gasteiger partial charge in [0.1, 0.15) is 31.9 Å². The van der Waals surface area contributed by atoms with Gasteiger partial charge in [0, 0.05) is 24.8 Å². The van der Waals surface area contributed by atoms with Crippen molar-refractivity contribution in [1.29, 1.82) is 0 Å². The predicted molar refractivity (Wildman–Crippen MR) is 221 cm³/mol. The molecule has 0 spiro atoms. The number of allylic oxidation sites excluding steroid dienone is 2. The van der Waals surface area contributed by atoms with Crippen LogP contribution in [-0.4, -0.2) is 91.4 Å². The normalized spacial score (nSPS) is 13.5. The van der Waals surface area contributed by atoms with Crippen molar-refractivity contribution in [2.45, 2.75) is 141 Å². The molecule has 0 saturated heterocycles. The van der Waals surface area contributed by atoms with E-state index in [4.69, 9.17) is 18.5 Å². The first-order valence-electron chi connectivity index (χ1n) is 20.8. The lowest BCUT2D eigenvalue weighted by Crippen LogP contribution is -2.37. The second kappa shape index (κ2) is 29.4. The van der Waals surface area contributed by atoms with E-state index < -0.39 is 32.5 Å². The van der Waals surface area contributed by atoms with E-state index in [1.165, 1.54) is 44.9 Å². The molecular formula is C42H72N4O8P+. The highest BCUT2D eigenvalue weighted by atomic mass is 31.2. The number of benzene rings is 1. The lowest BCUT2D eigenvalue weighted by molar-refractivity contribution is -0.870. The first-order valence-corrected chi connectivity index (χ1v) is 22.3. The minimum atomic E-state index is -4.40. The van der Waals surface area contributed by atoms with E-state index in [2.05, 4.69) is 34.4 Å². The molecule has 0 aliphatic heterocycles. The molecule has 2 rings (SSSR count). The molecule has 1 heterocycles.